The molecule has 0 aromatic carbocycles. The Morgan fingerprint density at radius 3 is 2.95 bits per heavy atom. The SMILES string of the molecule is COCC1(Cn2cnc3ncccc3c2=O)CCC1. The van der Waals surface area contributed by atoms with E-state index >= 15 is 0 Å². The molecule has 0 radical (unpaired) electrons. The highest BCUT2D eigenvalue weighted by Crippen LogP contribution is 2.42. The molecule has 0 atom stereocenters. The Hall–Kier alpha value is -1.75. The molecule has 0 saturated heterocycles. The van der Waals surface area contributed by atoms with Gasteiger partial charge in [-0.1, -0.05) is 6.42 Å². The third-order valence-electron chi connectivity index (χ3n) is 3.97. The summed E-state index contributed by atoms with van der Waals surface area (Å²) in [5, 5.41) is 0.580. The van der Waals surface area contributed by atoms with Crippen LogP contribution >= 0.6 is 0 Å². The molecule has 2 aromatic heterocycles. The van der Waals surface area contributed by atoms with Gasteiger partial charge in [-0.3, -0.25) is 9.36 Å². The van der Waals surface area contributed by atoms with E-state index in [0.29, 0.717) is 24.2 Å². The second kappa shape index (κ2) is 4.74. The molecule has 2 heterocycles. The second-order valence-electron chi connectivity index (χ2n) is 5.34. The number of aromatic nitrogens is 3. The number of rotatable bonds is 4. The Bertz CT molecular complexity index is 646. The number of nitrogens with zero attached hydrogens (tertiary/aromatic N) is 3. The summed E-state index contributed by atoms with van der Waals surface area (Å²) in [7, 11) is 1.71. The fraction of sp³-hybridized carbons (Fsp3) is 0.500. The summed E-state index contributed by atoms with van der Waals surface area (Å²) in [4.78, 5) is 20.7. The lowest BCUT2D eigenvalue weighted by molar-refractivity contribution is 0.00254. The van der Waals surface area contributed by atoms with E-state index in [9.17, 15) is 4.79 Å². The molecule has 5 nitrogen and oxygen atoms in total. The standard InChI is InChI=1S/C14H17N3O2/c1-19-9-14(5-3-6-14)8-17-10-16-12-11(13(17)18)4-2-7-15-12/h2,4,7,10H,3,5-6,8-9H2,1H3. The van der Waals surface area contributed by atoms with E-state index in [4.69, 9.17) is 4.74 Å². The Kier molecular flexibility index (Phi) is 3.06. The van der Waals surface area contributed by atoms with E-state index in [1.807, 2.05) is 0 Å². The summed E-state index contributed by atoms with van der Waals surface area (Å²) < 4.78 is 7.00. The minimum Gasteiger partial charge on any atom is -0.384 e. The number of methoxy groups -OCH3 is 1. The van der Waals surface area contributed by atoms with Crippen LogP contribution in [0.25, 0.3) is 11.0 Å². The molecule has 0 bridgehead atoms. The van der Waals surface area contributed by atoms with Crippen molar-refractivity contribution in [3.63, 3.8) is 0 Å². The zero-order valence-corrected chi connectivity index (χ0v) is 11.0. The van der Waals surface area contributed by atoms with E-state index in [0.717, 1.165) is 12.8 Å². The first kappa shape index (κ1) is 12.3. The first-order chi connectivity index (χ1) is 9.24. The number of ether oxygens (including phenoxy) is 1. The first-order valence-electron chi connectivity index (χ1n) is 6.53. The van der Waals surface area contributed by atoms with Crippen molar-refractivity contribution in [3.05, 3.63) is 35.0 Å². The highest BCUT2D eigenvalue weighted by atomic mass is 16.5. The van der Waals surface area contributed by atoms with Gasteiger partial charge >= 0.3 is 0 Å². The van der Waals surface area contributed by atoms with E-state index < -0.39 is 0 Å². The lowest BCUT2D eigenvalue weighted by atomic mass is 9.69. The summed E-state index contributed by atoms with van der Waals surface area (Å²) in [6.07, 6.45) is 6.68. The predicted octanol–water partition coefficient (Wildman–Crippen LogP) is 1.61. The van der Waals surface area contributed by atoms with Gasteiger partial charge in [0.15, 0.2) is 5.65 Å². The molecular formula is C14H17N3O2. The van der Waals surface area contributed by atoms with Gasteiger partial charge in [0.05, 0.1) is 12.0 Å². The zero-order chi connectivity index (χ0) is 13.3. The molecule has 100 valence electrons. The minimum atomic E-state index is -0.0134. The van der Waals surface area contributed by atoms with E-state index in [1.165, 1.54) is 6.42 Å². The fourth-order valence-electron chi connectivity index (χ4n) is 2.80. The summed E-state index contributed by atoms with van der Waals surface area (Å²) in [6, 6.07) is 3.54. The van der Waals surface area contributed by atoms with Crippen LogP contribution < -0.4 is 5.56 Å². The number of fused-ring (bicyclic) bond motifs is 1. The minimum absolute atomic E-state index is 0.0134. The molecule has 0 unspecified atom stereocenters. The van der Waals surface area contributed by atoms with Crippen molar-refractivity contribution in [1.29, 1.82) is 0 Å². The normalized spacial score (nSPS) is 17.3. The number of hydrogen-bond donors (Lipinski definition) is 0. The summed E-state index contributed by atoms with van der Waals surface area (Å²) >= 11 is 0. The highest BCUT2D eigenvalue weighted by Gasteiger charge is 2.37. The average molecular weight is 259 g/mol. The first-order valence-corrected chi connectivity index (χ1v) is 6.53. The van der Waals surface area contributed by atoms with Gasteiger partial charge in [-0.05, 0) is 25.0 Å². The maximum atomic E-state index is 12.4. The van der Waals surface area contributed by atoms with Crippen LogP contribution in [0.3, 0.4) is 0 Å². The molecule has 0 amide bonds. The van der Waals surface area contributed by atoms with Crippen molar-refractivity contribution >= 4 is 11.0 Å². The molecule has 1 saturated carbocycles. The average Bonchev–Trinajstić information content (AvgIpc) is 2.39. The van der Waals surface area contributed by atoms with Crippen molar-refractivity contribution in [2.75, 3.05) is 13.7 Å². The smallest absolute Gasteiger partial charge is 0.262 e. The Balaban J connectivity index is 1.97. The third kappa shape index (κ3) is 2.14. The highest BCUT2D eigenvalue weighted by molar-refractivity contribution is 5.72. The van der Waals surface area contributed by atoms with Gasteiger partial charge in [0, 0.05) is 25.3 Å². The van der Waals surface area contributed by atoms with Crippen LogP contribution in [0, 0.1) is 5.41 Å². The number of pyridine rings is 1. The molecule has 19 heavy (non-hydrogen) atoms. The van der Waals surface area contributed by atoms with Gasteiger partial charge in [-0.15, -0.1) is 0 Å². The summed E-state index contributed by atoms with van der Waals surface area (Å²) in [6.45, 7) is 1.38. The Morgan fingerprint density at radius 2 is 2.26 bits per heavy atom. The van der Waals surface area contributed by atoms with Crippen LogP contribution in [0.4, 0.5) is 0 Å². The van der Waals surface area contributed by atoms with Crippen molar-refractivity contribution in [2.24, 2.45) is 5.41 Å². The summed E-state index contributed by atoms with van der Waals surface area (Å²) in [5.41, 5.74) is 0.606. The van der Waals surface area contributed by atoms with Crippen molar-refractivity contribution in [1.82, 2.24) is 14.5 Å². The van der Waals surface area contributed by atoms with E-state index in [1.54, 1.807) is 36.3 Å². The summed E-state index contributed by atoms with van der Waals surface area (Å²) in [5.74, 6) is 0. The predicted molar refractivity (Wildman–Crippen MR) is 72.0 cm³/mol. The molecule has 1 fully saturated rings. The fourth-order valence-corrected chi connectivity index (χ4v) is 2.80. The topological polar surface area (TPSA) is 57.0 Å². The molecule has 5 heteroatoms. The molecule has 2 aromatic rings. The van der Waals surface area contributed by atoms with Crippen LogP contribution in [-0.2, 0) is 11.3 Å². The number of hydrogen-bond acceptors (Lipinski definition) is 4. The van der Waals surface area contributed by atoms with Crippen molar-refractivity contribution in [3.8, 4) is 0 Å². The van der Waals surface area contributed by atoms with Crippen LogP contribution in [0.15, 0.2) is 29.5 Å². The second-order valence-corrected chi connectivity index (χ2v) is 5.34. The molecule has 3 rings (SSSR count). The quantitative estimate of drug-likeness (QED) is 0.837. The van der Waals surface area contributed by atoms with Crippen LogP contribution in [0.5, 0.6) is 0 Å². The van der Waals surface area contributed by atoms with Gasteiger partial charge in [0.25, 0.3) is 5.56 Å². The molecular weight excluding hydrogens is 242 g/mol. The van der Waals surface area contributed by atoms with Crippen LogP contribution in [0.2, 0.25) is 0 Å². The largest absolute Gasteiger partial charge is 0.384 e. The van der Waals surface area contributed by atoms with Crippen LogP contribution in [0.1, 0.15) is 19.3 Å². The maximum Gasteiger partial charge on any atom is 0.262 e. The van der Waals surface area contributed by atoms with Crippen LogP contribution in [-0.4, -0.2) is 28.3 Å². The van der Waals surface area contributed by atoms with Crippen molar-refractivity contribution in [2.45, 2.75) is 25.8 Å². The molecule has 1 aliphatic rings. The Morgan fingerprint density at radius 1 is 1.42 bits per heavy atom. The monoisotopic (exact) mass is 259 g/mol. The molecule has 0 spiro atoms. The Labute approximate surface area is 111 Å². The lowest BCUT2D eigenvalue weighted by Gasteiger charge is -2.41. The maximum absolute atomic E-state index is 12.4. The van der Waals surface area contributed by atoms with E-state index in [2.05, 4.69) is 9.97 Å². The lowest BCUT2D eigenvalue weighted by Crippen LogP contribution is -2.41. The van der Waals surface area contributed by atoms with E-state index in [-0.39, 0.29) is 11.0 Å². The molecule has 0 aliphatic heterocycles. The van der Waals surface area contributed by atoms with Gasteiger partial charge in [-0.25, -0.2) is 9.97 Å². The molecule has 1 aliphatic carbocycles. The van der Waals surface area contributed by atoms with Gasteiger partial charge in [-0.2, -0.15) is 0 Å². The van der Waals surface area contributed by atoms with Gasteiger partial charge in [0.2, 0.25) is 0 Å². The third-order valence-corrected chi connectivity index (χ3v) is 3.97. The van der Waals surface area contributed by atoms with Gasteiger partial charge < -0.3 is 4.74 Å². The van der Waals surface area contributed by atoms with Crippen molar-refractivity contribution < 1.29 is 4.74 Å². The zero-order valence-electron chi connectivity index (χ0n) is 11.0. The van der Waals surface area contributed by atoms with Gasteiger partial charge in [0.1, 0.15) is 6.33 Å². The molecule has 0 N–H and O–H groups in total.